The zero-order chi connectivity index (χ0) is 23.1. The van der Waals surface area contributed by atoms with Crippen LogP contribution >= 0.6 is 22.9 Å². The van der Waals surface area contributed by atoms with Gasteiger partial charge in [0.25, 0.3) is 0 Å². The van der Waals surface area contributed by atoms with E-state index in [-0.39, 0.29) is 23.3 Å². The quantitative estimate of drug-likeness (QED) is 0.620. The number of aliphatic imine (C=N–C) groups is 1. The largest absolute Gasteiger partial charge is 0.466 e. The first-order valence-corrected chi connectivity index (χ1v) is 11.8. The van der Waals surface area contributed by atoms with Crippen LogP contribution in [0.15, 0.2) is 46.0 Å². The zero-order valence-electron chi connectivity index (χ0n) is 17.8. The van der Waals surface area contributed by atoms with Crippen molar-refractivity contribution in [1.29, 1.82) is 0 Å². The summed E-state index contributed by atoms with van der Waals surface area (Å²) >= 11 is 7.82. The maximum Gasteiger partial charge on any atom is 0.338 e. The molecule has 2 fully saturated rings. The molecule has 4 heterocycles. The summed E-state index contributed by atoms with van der Waals surface area (Å²) in [6, 6.07) is 3.52. The van der Waals surface area contributed by atoms with Gasteiger partial charge < -0.3 is 20.5 Å². The van der Waals surface area contributed by atoms with Crippen LogP contribution < -0.4 is 11.1 Å². The Kier molecular flexibility index (Phi) is 6.19. The van der Waals surface area contributed by atoms with E-state index in [0.29, 0.717) is 40.8 Å². The summed E-state index contributed by atoms with van der Waals surface area (Å²) in [6.07, 6.45) is 3.10. The number of nitrogens with zero attached hydrogens (tertiary/aromatic N) is 3. The molecule has 11 heteroatoms. The molecule has 1 aromatic carbocycles. The molecular formula is C22H23ClFN5O3S. The van der Waals surface area contributed by atoms with Gasteiger partial charge in [-0.1, -0.05) is 17.7 Å². The van der Waals surface area contributed by atoms with Crippen molar-refractivity contribution in [2.24, 2.45) is 10.7 Å². The van der Waals surface area contributed by atoms with Gasteiger partial charge >= 0.3 is 5.97 Å². The molecule has 0 spiro atoms. The maximum atomic E-state index is 13.8. The average Bonchev–Trinajstić information content (AvgIpc) is 3.40. The Morgan fingerprint density at radius 3 is 3.00 bits per heavy atom. The number of rotatable bonds is 5. The number of fused-ring (bicyclic) bond motifs is 2. The van der Waals surface area contributed by atoms with E-state index in [0.717, 1.165) is 12.8 Å². The lowest BCUT2D eigenvalue weighted by molar-refractivity contribution is -0.136. The second-order valence-corrected chi connectivity index (χ2v) is 9.54. The first-order chi connectivity index (χ1) is 15.9. The number of piperidine rings is 1. The van der Waals surface area contributed by atoms with Crippen molar-refractivity contribution in [3.05, 3.63) is 62.5 Å². The van der Waals surface area contributed by atoms with Crippen LogP contribution in [0.2, 0.25) is 5.02 Å². The van der Waals surface area contributed by atoms with Crippen molar-refractivity contribution in [1.82, 2.24) is 15.2 Å². The fourth-order valence-electron chi connectivity index (χ4n) is 4.64. The molecular weight excluding hydrogens is 469 g/mol. The highest BCUT2D eigenvalue weighted by Gasteiger charge is 2.43. The van der Waals surface area contributed by atoms with Gasteiger partial charge in [-0.3, -0.25) is 9.89 Å². The van der Waals surface area contributed by atoms with E-state index < -0.39 is 17.8 Å². The van der Waals surface area contributed by atoms with E-state index in [1.807, 2.05) is 5.38 Å². The molecule has 0 radical (unpaired) electrons. The summed E-state index contributed by atoms with van der Waals surface area (Å²) in [5, 5.41) is 6.00. The van der Waals surface area contributed by atoms with Crippen LogP contribution in [0.5, 0.6) is 0 Å². The van der Waals surface area contributed by atoms with Gasteiger partial charge in [-0.15, -0.1) is 11.3 Å². The fraction of sp³-hybridized carbons (Fsp3) is 0.409. The number of ether oxygens (including phenoxy) is 2. The summed E-state index contributed by atoms with van der Waals surface area (Å²) in [5.41, 5.74) is 7.64. The van der Waals surface area contributed by atoms with Gasteiger partial charge in [-0.05, 0) is 18.6 Å². The van der Waals surface area contributed by atoms with Gasteiger partial charge in [-0.25, -0.2) is 14.2 Å². The Labute approximate surface area is 199 Å². The molecule has 4 atom stereocenters. The molecule has 2 saturated heterocycles. The third-order valence-corrected chi connectivity index (χ3v) is 7.27. The predicted molar refractivity (Wildman–Crippen MR) is 122 cm³/mol. The van der Waals surface area contributed by atoms with Crippen molar-refractivity contribution in [3.63, 3.8) is 0 Å². The minimum absolute atomic E-state index is 0.0883. The number of halogens is 2. The van der Waals surface area contributed by atoms with Crippen molar-refractivity contribution in [2.45, 2.75) is 37.2 Å². The van der Waals surface area contributed by atoms with E-state index in [1.54, 1.807) is 12.3 Å². The van der Waals surface area contributed by atoms with Crippen LogP contribution in [0.1, 0.15) is 29.5 Å². The number of carbonyl (C=O) groups excluding carboxylic acids is 1. The molecule has 174 valence electrons. The van der Waals surface area contributed by atoms with Crippen LogP contribution in [0.25, 0.3) is 0 Å². The van der Waals surface area contributed by atoms with E-state index in [4.69, 9.17) is 31.8 Å². The summed E-state index contributed by atoms with van der Waals surface area (Å²) < 4.78 is 24.8. The van der Waals surface area contributed by atoms with Crippen LogP contribution in [-0.4, -0.2) is 60.3 Å². The third kappa shape index (κ3) is 4.29. The standard InChI is InChI=1S/C22H23ClFN5O3S/c1-31-22(30)18-16(9-29-13-7-12(25)8-17(29)32-10-13)27-20(21-26-4-5-33-21)28-19(18)14-3-2-11(24)6-15(14)23/h2-6,12-13,17,19H,7-10,25H2,1H3,(H,27,28)/t12-,13-,17-,19-/m0/s1. The minimum atomic E-state index is -0.786. The lowest BCUT2D eigenvalue weighted by atomic mass is 9.94. The lowest BCUT2D eigenvalue weighted by Crippen LogP contribution is -2.50. The van der Waals surface area contributed by atoms with Gasteiger partial charge in [0.15, 0.2) is 10.8 Å². The topological polar surface area (TPSA) is 102 Å². The summed E-state index contributed by atoms with van der Waals surface area (Å²) in [5.74, 6) is -0.490. The number of aromatic nitrogens is 1. The molecule has 0 amide bonds. The molecule has 3 N–H and O–H groups in total. The van der Waals surface area contributed by atoms with Crippen LogP contribution in [0.3, 0.4) is 0 Å². The van der Waals surface area contributed by atoms with E-state index in [2.05, 4.69) is 15.2 Å². The Bertz CT molecular complexity index is 1110. The normalized spacial score (nSPS) is 27.3. The van der Waals surface area contributed by atoms with Gasteiger partial charge in [0.1, 0.15) is 18.1 Å². The van der Waals surface area contributed by atoms with Gasteiger partial charge in [0, 0.05) is 52.9 Å². The molecule has 0 aliphatic carbocycles. The molecule has 3 aliphatic heterocycles. The summed E-state index contributed by atoms with van der Waals surface area (Å²) in [4.78, 5) is 24.4. The molecule has 1 aromatic heterocycles. The number of hydrogen-bond donors (Lipinski definition) is 2. The number of amidine groups is 1. The minimum Gasteiger partial charge on any atom is -0.466 e. The molecule has 8 nitrogen and oxygen atoms in total. The number of thiazole rings is 1. The Balaban J connectivity index is 1.60. The van der Waals surface area contributed by atoms with Crippen molar-refractivity contribution >= 4 is 34.7 Å². The Morgan fingerprint density at radius 1 is 1.45 bits per heavy atom. The number of hydrogen-bond acceptors (Lipinski definition) is 9. The SMILES string of the molecule is COC(=O)C1=C(CN2[C@@H]3CO[C@H]2C[C@@H](N)C3)NC(c2nccs2)=N[C@H]1c1ccc(F)cc1Cl. The second kappa shape index (κ2) is 9.11. The summed E-state index contributed by atoms with van der Waals surface area (Å²) in [6.45, 7) is 1.01. The average molecular weight is 492 g/mol. The molecule has 3 aliphatic rings. The number of methoxy groups -OCH3 is 1. The zero-order valence-corrected chi connectivity index (χ0v) is 19.4. The van der Waals surface area contributed by atoms with Crippen molar-refractivity contribution in [3.8, 4) is 0 Å². The number of nitrogens with two attached hydrogens (primary N) is 1. The first kappa shape index (κ1) is 22.4. The van der Waals surface area contributed by atoms with E-state index in [1.165, 1.54) is 30.6 Å². The Hall–Kier alpha value is -2.37. The number of carbonyl (C=O) groups is 1. The molecule has 2 aromatic rings. The molecule has 5 rings (SSSR count). The van der Waals surface area contributed by atoms with Gasteiger partial charge in [0.2, 0.25) is 0 Å². The lowest BCUT2D eigenvalue weighted by Gasteiger charge is -2.37. The van der Waals surface area contributed by atoms with Crippen LogP contribution in [-0.2, 0) is 14.3 Å². The highest BCUT2D eigenvalue weighted by atomic mass is 35.5. The molecule has 33 heavy (non-hydrogen) atoms. The fourth-order valence-corrected chi connectivity index (χ4v) is 5.50. The molecule has 0 unspecified atom stereocenters. The number of nitrogens with one attached hydrogen (secondary N) is 1. The van der Waals surface area contributed by atoms with E-state index in [9.17, 15) is 9.18 Å². The van der Waals surface area contributed by atoms with Crippen LogP contribution in [0, 0.1) is 5.82 Å². The summed E-state index contributed by atoms with van der Waals surface area (Å²) in [7, 11) is 1.32. The number of esters is 1. The highest BCUT2D eigenvalue weighted by Crippen LogP contribution is 2.38. The van der Waals surface area contributed by atoms with E-state index >= 15 is 0 Å². The maximum absolute atomic E-state index is 13.8. The van der Waals surface area contributed by atoms with Crippen LogP contribution in [0.4, 0.5) is 4.39 Å². The van der Waals surface area contributed by atoms with Gasteiger partial charge in [0.05, 0.1) is 19.3 Å². The van der Waals surface area contributed by atoms with Gasteiger partial charge in [-0.2, -0.15) is 0 Å². The number of benzene rings is 1. The van der Waals surface area contributed by atoms with Crippen molar-refractivity contribution < 1.29 is 18.7 Å². The second-order valence-electron chi connectivity index (χ2n) is 8.24. The Morgan fingerprint density at radius 2 is 2.30 bits per heavy atom. The highest BCUT2D eigenvalue weighted by molar-refractivity contribution is 7.11. The van der Waals surface area contributed by atoms with Crippen molar-refractivity contribution in [2.75, 3.05) is 20.3 Å². The third-order valence-electron chi connectivity index (χ3n) is 6.16. The molecule has 0 saturated carbocycles. The molecule has 2 bridgehead atoms. The first-order valence-electron chi connectivity index (χ1n) is 10.6. The smallest absolute Gasteiger partial charge is 0.338 e. The monoisotopic (exact) mass is 491 g/mol. The predicted octanol–water partition coefficient (Wildman–Crippen LogP) is 2.60.